The SMILES string of the molecule is O/C=C/CCCC(F)(F)F. The minimum atomic E-state index is -4.07. The summed E-state index contributed by atoms with van der Waals surface area (Å²) < 4.78 is 34.2. The van der Waals surface area contributed by atoms with E-state index in [0.717, 1.165) is 6.26 Å². The van der Waals surface area contributed by atoms with Crippen LogP contribution in [-0.4, -0.2) is 11.3 Å². The van der Waals surface area contributed by atoms with Crippen LogP contribution in [0.5, 0.6) is 0 Å². The molecule has 0 saturated carbocycles. The van der Waals surface area contributed by atoms with E-state index in [9.17, 15) is 13.2 Å². The smallest absolute Gasteiger partial charge is 0.389 e. The molecule has 0 aliphatic carbocycles. The normalized spacial score (nSPS) is 12.7. The van der Waals surface area contributed by atoms with Crippen molar-refractivity contribution in [2.75, 3.05) is 0 Å². The van der Waals surface area contributed by atoms with Crippen LogP contribution in [0.3, 0.4) is 0 Å². The Morgan fingerprint density at radius 1 is 1.30 bits per heavy atom. The van der Waals surface area contributed by atoms with Gasteiger partial charge in [0.2, 0.25) is 0 Å². The molecule has 0 aromatic heterocycles. The Morgan fingerprint density at radius 2 is 1.90 bits per heavy atom. The van der Waals surface area contributed by atoms with E-state index < -0.39 is 12.6 Å². The van der Waals surface area contributed by atoms with Crippen molar-refractivity contribution in [2.24, 2.45) is 0 Å². The Kier molecular flexibility index (Phi) is 3.91. The lowest BCUT2D eigenvalue weighted by molar-refractivity contribution is -0.135. The summed E-state index contributed by atoms with van der Waals surface area (Å²) in [6.07, 6.45) is -2.47. The second-order valence-electron chi connectivity index (χ2n) is 1.89. The molecule has 0 rings (SSSR count). The number of aliphatic hydroxyl groups excluding tert-OH is 1. The summed E-state index contributed by atoms with van der Waals surface area (Å²) in [6.45, 7) is 0. The Morgan fingerprint density at radius 3 is 2.30 bits per heavy atom. The molecular formula is C6H9F3O. The van der Waals surface area contributed by atoms with Crippen molar-refractivity contribution in [2.45, 2.75) is 25.4 Å². The van der Waals surface area contributed by atoms with E-state index in [4.69, 9.17) is 5.11 Å². The maximum atomic E-state index is 11.4. The van der Waals surface area contributed by atoms with E-state index in [1.165, 1.54) is 6.08 Å². The monoisotopic (exact) mass is 154 g/mol. The van der Waals surface area contributed by atoms with Gasteiger partial charge in [0, 0.05) is 6.42 Å². The molecular weight excluding hydrogens is 145 g/mol. The van der Waals surface area contributed by atoms with Crippen LogP contribution in [0.4, 0.5) is 13.2 Å². The van der Waals surface area contributed by atoms with Crippen LogP contribution in [0.1, 0.15) is 19.3 Å². The van der Waals surface area contributed by atoms with E-state index in [2.05, 4.69) is 0 Å². The molecule has 4 heteroatoms. The molecule has 0 amide bonds. The van der Waals surface area contributed by atoms with Gasteiger partial charge in [-0.25, -0.2) is 0 Å². The summed E-state index contributed by atoms with van der Waals surface area (Å²) in [5.74, 6) is 0. The number of aliphatic hydroxyl groups is 1. The summed E-state index contributed by atoms with van der Waals surface area (Å²) in [5, 5.41) is 8.03. The maximum absolute atomic E-state index is 11.4. The van der Waals surface area contributed by atoms with E-state index >= 15 is 0 Å². The fourth-order valence-electron chi connectivity index (χ4n) is 0.495. The van der Waals surface area contributed by atoms with Crippen molar-refractivity contribution >= 4 is 0 Å². The lowest BCUT2D eigenvalue weighted by Crippen LogP contribution is -2.05. The number of unbranched alkanes of at least 4 members (excludes halogenated alkanes) is 1. The standard InChI is InChI=1S/C6H9F3O/c7-6(8,9)4-2-1-3-5-10/h3,5,10H,1-2,4H2/b5-3+. The zero-order valence-electron chi connectivity index (χ0n) is 5.36. The van der Waals surface area contributed by atoms with E-state index in [-0.39, 0.29) is 12.8 Å². The van der Waals surface area contributed by atoms with Crippen molar-refractivity contribution in [3.63, 3.8) is 0 Å². The third-order valence-electron chi connectivity index (χ3n) is 0.936. The van der Waals surface area contributed by atoms with Gasteiger partial charge >= 0.3 is 6.18 Å². The zero-order chi connectivity index (χ0) is 8.04. The predicted octanol–water partition coefficient (Wildman–Crippen LogP) is 2.79. The molecule has 0 saturated heterocycles. The number of rotatable bonds is 3. The molecule has 60 valence electrons. The van der Waals surface area contributed by atoms with Gasteiger partial charge in [0.25, 0.3) is 0 Å². The van der Waals surface area contributed by atoms with Gasteiger partial charge in [-0.1, -0.05) is 6.08 Å². The third kappa shape index (κ3) is 7.33. The van der Waals surface area contributed by atoms with Crippen LogP contribution in [0, 0.1) is 0 Å². The highest BCUT2D eigenvalue weighted by molar-refractivity contribution is 4.71. The van der Waals surface area contributed by atoms with Gasteiger partial charge in [-0.05, 0) is 12.8 Å². The minimum absolute atomic E-state index is 0.0422. The molecule has 0 unspecified atom stereocenters. The minimum Gasteiger partial charge on any atom is -0.516 e. The Hall–Kier alpha value is -0.670. The summed E-state index contributed by atoms with van der Waals surface area (Å²) in [6, 6.07) is 0. The van der Waals surface area contributed by atoms with Crippen LogP contribution < -0.4 is 0 Å². The van der Waals surface area contributed by atoms with E-state index in [0.29, 0.717) is 0 Å². The molecule has 0 aliphatic rings. The van der Waals surface area contributed by atoms with E-state index in [1.54, 1.807) is 0 Å². The summed E-state index contributed by atoms with van der Waals surface area (Å²) in [5.41, 5.74) is 0. The fourth-order valence-corrected chi connectivity index (χ4v) is 0.495. The number of allylic oxidation sites excluding steroid dienone is 1. The quantitative estimate of drug-likeness (QED) is 0.489. The number of hydrogen-bond acceptors (Lipinski definition) is 1. The van der Waals surface area contributed by atoms with Gasteiger partial charge in [-0.2, -0.15) is 13.2 Å². The van der Waals surface area contributed by atoms with Crippen LogP contribution in [0.25, 0.3) is 0 Å². The first-order valence-corrected chi connectivity index (χ1v) is 2.92. The predicted molar refractivity (Wildman–Crippen MR) is 31.7 cm³/mol. The van der Waals surface area contributed by atoms with Crippen molar-refractivity contribution in [1.29, 1.82) is 0 Å². The molecule has 0 aromatic carbocycles. The van der Waals surface area contributed by atoms with Crippen molar-refractivity contribution < 1.29 is 18.3 Å². The van der Waals surface area contributed by atoms with Gasteiger partial charge in [0.15, 0.2) is 0 Å². The van der Waals surface area contributed by atoms with Gasteiger partial charge < -0.3 is 5.11 Å². The first-order chi connectivity index (χ1) is 4.56. The lowest BCUT2D eigenvalue weighted by Gasteiger charge is -2.02. The molecule has 0 atom stereocenters. The van der Waals surface area contributed by atoms with Crippen LogP contribution >= 0.6 is 0 Å². The van der Waals surface area contributed by atoms with Crippen molar-refractivity contribution in [3.05, 3.63) is 12.3 Å². The highest BCUT2D eigenvalue weighted by Gasteiger charge is 2.25. The molecule has 0 spiro atoms. The number of halogens is 3. The van der Waals surface area contributed by atoms with E-state index in [1.807, 2.05) is 0 Å². The van der Waals surface area contributed by atoms with Gasteiger partial charge in [0.1, 0.15) is 0 Å². The second-order valence-corrected chi connectivity index (χ2v) is 1.89. The largest absolute Gasteiger partial charge is 0.516 e. The second kappa shape index (κ2) is 4.19. The van der Waals surface area contributed by atoms with Crippen LogP contribution in [0.15, 0.2) is 12.3 Å². The van der Waals surface area contributed by atoms with Crippen molar-refractivity contribution in [1.82, 2.24) is 0 Å². The Labute approximate surface area is 57.2 Å². The highest BCUT2D eigenvalue weighted by atomic mass is 19.4. The first-order valence-electron chi connectivity index (χ1n) is 2.92. The summed E-state index contributed by atoms with van der Waals surface area (Å²) in [4.78, 5) is 0. The maximum Gasteiger partial charge on any atom is 0.389 e. The van der Waals surface area contributed by atoms with Gasteiger partial charge in [-0.3, -0.25) is 0 Å². The molecule has 1 N–H and O–H groups in total. The van der Waals surface area contributed by atoms with Crippen LogP contribution in [-0.2, 0) is 0 Å². The van der Waals surface area contributed by atoms with Gasteiger partial charge in [-0.15, -0.1) is 0 Å². The molecule has 0 aliphatic heterocycles. The lowest BCUT2D eigenvalue weighted by atomic mass is 10.2. The Bertz CT molecular complexity index is 106. The average molecular weight is 154 g/mol. The Balaban J connectivity index is 3.20. The molecule has 0 radical (unpaired) electrons. The fraction of sp³-hybridized carbons (Fsp3) is 0.667. The zero-order valence-corrected chi connectivity index (χ0v) is 5.36. The molecule has 1 nitrogen and oxygen atoms in total. The van der Waals surface area contributed by atoms with Crippen LogP contribution in [0.2, 0.25) is 0 Å². The third-order valence-corrected chi connectivity index (χ3v) is 0.936. The van der Waals surface area contributed by atoms with Gasteiger partial charge in [0.05, 0.1) is 6.26 Å². The van der Waals surface area contributed by atoms with Crippen molar-refractivity contribution in [3.8, 4) is 0 Å². The summed E-state index contributed by atoms with van der Waals surface area (Å²) >= 11 is 0. The molecule has 0 aromatic rings. The first kappa shape index (κ1) is 9.33. The summed E-state index contributed by atoms with van der Waals surface area (Å²) in [7, 11) is 0. The number of hydrogen-bond donors (Lipinski definition) is 1. The molecule has 10 heavy (non-hydrogen) atoms. The number of alkyl halides is 3. The highest BCUT2D eigenvalue weighted by Crippen LogP contribution is 2.21. The molecule has 0 heterocycles. The molecule has 0 bridgehead atoms. The molecule has 0 fully saturated rings. The average Bonchev–Trinajstić information content (AvgIpc) is 1.78. The topological polar surface area (TPSA) is 20.2 Å².